The first-order valence-corrected chi connectivity index (χ1v) is 5.91. The summed E-state index contributed by atoms with van der Waals surface area (Å²) >= 11 is 0. The number of nitrogens with zero attached hydrogens (tertiary/aromatic N) is 1. The van der Waals surface area contributed by atoms with Gasteiger partial charge in [-0.05, 0) is 18.9 Å². The Morgan fingerprint density at radius 3 is 3.00 bits per heavy atom. The number of ether oxygens (including phenoxy) is 1. The molecule has 0 spiro atoms. The van der Waals surface area contributed by atoms with Crippen LogP contribution in [0.2, 0.25) is 0 Å². The zero-order valence-corrected chi connectivity index (χ0v) is 9.48. The van der Waals surface area contributed by atoms with E-state index in [9.17, 15) is 0 Å². The van der Waals surface area contributed by atoms with E-state index in [1.807, 2.05) is 6.07 Å². The van der Waals surface area contributed by atoms with Crippen molar-refractivity contribution in [1.29, 1.82) is 0 Å². The highest BCUT2D eigenvalue weighted by Crippen LogP contribution is 2.20. The first kappa shape index (κ1) is 11.2. The lowest BCUT2D eigenvalue weighted by Gasteiger charge is -2.11. The normalized spacial score (nSPS) is 16.5. The third-order valence-corrected chi connectivity index (χ3v) is 2.85. The highest BCUT2D eigenvalue weighted by atomic mass is 16.5. The number of nitrogen functional groups attached to an aromatic ring is 1. The van der Waals surface area contributed by atoms with Crippen LogP contribution in [0.3, 0.4) is 0 Å². The summed E-state index contributed by atoms with van der Waals surface area (Å²) in [6, 6.07) is 3.61. The maximum Gasteiger partial charge on any atom is 0.128 e. The monoisotopic (exact) mass is 221 g/mol. The quantitative estimate of drug-likeness (QED) is 0.747. The standard InChI is InChI=1S/C12H19N3O/c13-10-5-6-14-12(9-10)15-7-8-16-11-3-1-2-4-11/h5-6,9,11H,1-4,7-8H2,(H3,13,14,15). The lowest BCUT2D eigenvalue weighted by molar-refractivity contribution is 0.0658. The molecule has 0 amide bonds. The molecule has 1 saturated carbocycles. The lowest BCUT2D eigenvalue weighted by Crippen LogP contribution is -2.15. The molecular weight excluding hydrogens is 202 g/mol. The van der Waals surface area contributed by atoms with E-state index in [2.05, 4.69) is 10.3 Å². The maximum atomic E-state index is 5.73. The van der Waals surface area contributed by atoms with Crippen molar-refractivity contribution < 1.29 is 4.74 Å². The number of nitrogens with one attached hydrogen (secondary N) is 1. The molecule has 1 aliphatic rings. The second-order valence-electron chi connectivity index (χ2n) is 4.18. The molecular formula is C12H19N3O. The van der Waals surface area contributed by atoms with Crippen LogP contribution < -0.4 is 11.1 Å². The van der Waals surface area contributed by atoms with Gasteiger partial charge in [0, 0.05) is 24.5 Å². The van der Waals surface area contributed by atoms with Gasteiger partial charge >= 0.3 is 0 Å². The number of nitrogens with two attached hydrogens (primary N) is 1. The molecule has 1 aromatic rings. The van der Waals surface area contributed by atoms with Gasteiger partial charge in [-0.1, -0.05) is 12.8 Å². The summed E-state index contributed by atoms with van der Waals surface area (Å²) in [5, 5.41) is 3.19. The molecule has 4 heteroatoms. The Labute approximate surface area is 96.2 Å². The van der Waals surface area contributed by atoms with Crippen molar-refractivity contribution in [2.45, 2.75) is 31.8 Å². The first-order valence-electron chi connectivity index (χ1n) is 5.91. The number of aromatic nitrogens is 1. The zero-order chi connectivity index (χ0) is 11.2. The molecule has 88 valence electrons. The average molecular weight is 221 g/mol. The van der Waals surface area contributed by atoms with Crippen LogP contribution >= 0.6 is 0 Å². The van der Waals surface area contributed by atoms with E-state index in [0.29, 0.717) is 6.10 Å². The molecule has 1 aliphatic carbocycles. The fourth-order valence-electron chi connectivity index (χ4n) is 2.00. The van der Waals surface area contributed by atoms with Crippen LogP contribution in [0.15, 0.2) is 18.3 Å². The highest BCUT2D eigenvalue weighted by molar-refractivity contribution is 5.48. The van der Waals surface area contributed by atoms with Crippen molar-refractivity contribution in [3.8, 4) is 0 Å². The molecule has 0 aromatic carbocycles. The largest absolute Gasteiger partial charge is 0.399 e. The van der Waals surface area contributed by atoms with Crippen molar-refractivity contribution in [3.63, 3.8) is 0 Å². The molecule has 0 unspecified atom stereocenters. The molecule has 2 rings (SSSR count). The average Bonchev–Trinajstić information content (AvgIpc) is 2.77. The molecule has 0 aliphatic heterocycles. The van der Waals surface area contributed by atoms with Crippen LogP contribution in [0, 0.1) is 0 Å². The minimum atomic E-state index is 0.482. The number of rotatable bonds is 5. The van der Waals surface area contributed by atoms with E-state index in [1.54, 1.807) is 12.3 Å². The van der Waals surface area contributed by atoms with E-state index in [-0.39, 0.29) is 0 Å². The molecule has 4 nitrogen and oxygen atoms in total. The van der Waals surface area contributed by atoms with Crippen LogP contribution in [-0.4, -0.2) is 24.2 Å². The number of pyridine rings is 1. The summed E-state index contributed by atoms with van der Waals surface area (Å²) in [4.78, 5) is 4.16. The highest BCUT2D eigenvalue weighted by Gasteiger charge is 2.14. The molecule has 3 N–H and O–H groups in total. The molecule has 16 heavy (non-hydrogen) atoms. The molecule has 0 radical (unpaired) electrons. The van der Waals surface area contributed by atoms with Crippen LogP contribution in [0.1, 0.15) is 25.7 Å². The van der Waals surface area contributed by atoms with Crippen molar-refractivity contribution in [2.24, 2.45) is 0 Å². The lowest BCUT2D eigenvalue weighted by atomic mass is 10.3. The van der Waals surface area contributed by atoms with Gasteiger partial charge in [0.15, 0.2) is 0 Å². The Balaban J connectivity index is 1.64. The Morgan fingerprint density at radius 2 is 2.25 bits per heavy atom. The molecule has 0 saturated heterocycles. The zero-order valence-electron chi connectivity index (χ0n) is 9.48. The van der Waals surface area contributed by atoms with Gasteiger partial charge in [0.1, 0.15) is 5.82 Å². The molecule has 1 heterocycles. The van der Waals surface area contributed by atoms with Crippen LogP contribution in [0.5, 0.6) is 0 Å². The predicted molar refractivity (Wildman–Crippen MR) is 65.3 cm³/mol. The van der Waals surface area contributed by atoms with E-state index >= 15 is 0 Å². The van der Waals surface area contributed by atoms with Gasteiger partial charge in [-0.15, -0.1) is 0 Å². The van der Waals surface area contributed by atoms with Crippen LogP contribution in [0.25, 0.3) is 0 Å². The number of hydrogen-bond acceptors (Lipinski definition) is 4. The van der Waals surface area contributed by atoms with Gasteiger partial charge < -0.3 is 15.8 Å². The Bertz CT molecular complexity index is 324. The summed E-state index contributed by atoms with van der Waals surface area (Å²) in [5.74, 6) is 0.815. The van der Waals surface area contributed by atoms with E-state index in [1.165, 1.54) is 25.7 Å². The van der Waals surface area contributed by atoms with Crippen molar-refractivity contribution in [2.75, 3.05) is 24.2 Å². The summed E-state index contributed by atoms with van der Waals surface area (Å²) in [7, 11) is 0. The van der Waals surface area contributed by atoms with Gasteiger partial charge in [0.05, 0.1) is 12.7 Å². The fraction of sp³-hybridized carbons (Fsp3) is 0.583. The van der Waals surface area contributed by atoms with Crippen molar-refractivity contribution >= 4 is 11.5 Å². The first-order chi connectivity index (χ1) is 7.84. The van der Waals surface area contributed by atoms with Gasteiger partial charge in [0.25, 0.3) is 0 Å². The van der Waals surface area contributed by atoms with E-state index in [0.717, 1.165) is 24.7 Å². The number of hydrogen-bond donors (Lipinski definition) is 2. The summed E-state index contributed by atoms with van der Waals surface area (Å²) in [6.07, 6.45) is 7.25. The molecule has 0 bridgehead atoms. The van der Waals surface area contributed by atoms with Gasteiger partial charge in [-0.3, -0.25) is 0 Å². The van der Waals surface area contributed by atoms with E-state index in [4.69, 9.17) is 10.5 Å². The third kappa shape index (κ3) is 3.38. The third-order valence-electron chi connectivity index (χ3n) is 2.85. The second kappa shape index (κ2) is 5.70. The minimum absolute atomic E-state index is 0.482. The predicted octanol–water partition coefficient (Wildman–Crippen LogP) is 2.03. The SMILES string of the molecule is Nc1ccnc(NCCOC2CCCC2)c1. The fourth-order valence-corrected chi connectivity index (χ4v) is 2.00. The second-order valence-corrected chi connectivity index (χ2v) is 4.18. The van der Waals surface area contributed by atoms with Crippen LogP contribution in [-0.2, 0) is 4.74 Å². The van der Waals surface area contributed by atoms with E-state index < -0.39 is 0 Å². The maximum absolute atomic E-state index is 5.73. The Kier molecular flexibility index (Phi) is 3.99. The molecule has 1 aromatic heterocycles. The van der Waals surface area contributed by atoms with Gasteiger partial charge in [-0.2, -0.15) is 0 Å². The van der Waals surface area contributed by atoms with Crippen molar-refractivity contribution in [1.82, 2.24) is 4.98 Å². The number of anilines is 2. The Hall–Kier alpha value is -1.29. The van der Waals surface area contributed by atoms with Gasteiger partial charge in [0.2, 0.25) is 0 Å². The summed E-state index contributed by atoms with van der Waals surface area (Å²) < 4.78 is 5.73. The van der Waals surface area contributed by atoms with Gasteiger partial charge in [-0.25, -0.2) is 4.98 Å². The van der Waals surface area contributed by atoms with Crippen molar-refractivity contribution in [3.05, 3.63) is 18.3 Å². The molecule has 1 fully saturated rings. The Morgan fingerprint density at radius 1 is 1.44 bits per heavy atom. The smallest absolute Gasteiger partial charge is 0.128 e. The topological polar surface area (TPSA) is 60.2 Å². The van der Waals surface area contributed by atoms with Crippen LogP contribution in [0.4, 0.5) is 11.5 Å². The minimum Gasteiger partial charge on any atom is -0.399 e. The summed E-state index contributed by atoms with van der Waals surface area (Å²) in [6.45, 7) is 1.52. The summed E-state index contributed by atoms with van der Waals surface area (Å²) in [5.41, 5.74) is 6.38. The molecule has 0 atom stereocenters.